The van der Waals surface area contributed by atoms with Crippen molar-refractivity contribution in [2.75, 3.05) is 46.3 Å². The van der Waals surface area contributed by atoms with Gasteiger partial charge in [-0.15, -0.1) is 0 Å². The maximum absolute atomic E-state index is 11.3. The van der Waals surface area contributed by atoms with Crippen molar-refractivity contribution in [3.63, 3.8) is 0 Å². The third-order valence-electron chi connectivity index (χ3n) is 4.58. The minimum absolute atomic E-state index is 0.248. The van der Waals surface area contributed by atoms with E-state index in [9.17, 15) is 4.79 Å². The van der Waals surface area contributed by atoms with Gasteiger partial charge in [0.2, 0.25) is 0 Å². The number of hydrogen-bond donors (Lipinski definition) is 1. The molecule has 164 valence electrons. The third kappa shape index (κ3) is 6.28. The summed E-state index contributed by atoms with van der Waals surface area (Å²) in [7, 11) is 4.85. The van der Waals surface area contributed by atoms with Crippen molar-refractivity contribution in [2.45, 2.75) is 6.42 Å². The normalized spacial score (nSPS) is 10.9. The predicted octanol–water partition coefficient (Wildman–Crippen LogP) is 4.02. The molecule has 1 heterocycles. The van der Waals surface area contributed by atoms with Crippen molar-refractivity contribution in [3.8, 4) is 11.5 Å². The van der Waals surface area contributed by atoms with Gasteiger partial charge in [-0.05, 0) is 37.7 Å². The number of ether oxygens (including phenoxy) is 3. The Bertz CT molecular complexity index is 1050. The standard InChI is InChI=1S/C22H25BrN4O4/c1-27(13-21(28)30-3)8-5-9-31-20-11-17-18(12-19(20)29-2)24-14-25-22(17)26-16-7-4-6-15(23)10-16/h4,6-7,10-12,14H,5,8-9,13H2,1-3H3,(H,24,25,26). The summed E-state index contributed by atoms with van der Waals surface area (Å²) in [5, 5.41) is 4.15. The fourth-order valence-electron chi connectivity index (χ4n) is 3.02. The summed E-state index contributed by atoms with van der Waals surface area (Å²) in [6.45, 7) is 1.41. The molecule has 0 amide bonds. The molecular formula is C22H25BrN4O4. The van der Waals surface area contributed by atoms with Crippen molar-refractivity contribution in [1.82, 2.24) is 14.9 Å². The number of nitrogens with zero attached hydrogens (tertiary/aromatic N) is 3. The fraction of sp³-hybridized carbons (Fsp3) is 0.318. The highest BCUT2D eigenvalue weighted by Gasteiger charge is 2.13. The van der Waals surface area contributed by atoms with Crippen LogP contribution in [0.4, 0.5) is 11.5 Å². The molecule has 3 rings (SSSR count). The van der Waals surface area contributed by atoms with Gasteiger partial charge in [-0.1, -0.05) is 22.0 Å². The molecule has 0 atom stereocenters. The molecule has 9 heteroatoms. The molecule has 0 spiro atoms. The van der Waals surface area contributed by atoms with Gasteiger partial charge < -0.3 is 19.5 Å². The van der Waals surface area contributed by atoms with E-state index in [0.717, 1.165) is 27.5 Å². The molecule has 0 aliphatic carbocycles. The fourth-order valence-corrected chi connectivity index (χ4v) is 3.42. The Labute approximate surface area is 189 Å². The highest BCUT2D eigenvalue weighted by Crippen LogP contribution is 2.35. The van der Waals surface area contributed by atoms with Crippen LogP contribution in [0.25, 0.3) is 10.9 Å². The maximum atomic E-state index is 11.3. The Hall–Kier alpha value is -2.91. The maximum Gasteiger partial charge on any atom is 0.319 e. The number of nitrogens with one attached hydrogen (secondary N) is 1. The Balaban J connectivity index is 1.74. The van der Waals surface area contributed by atoms with E-state index in [-0.39, 0.29) is 12.5 Å². The Morgan fingerprint density at radius 1 is 1.16 bits per heavy atom. The van der Waals surface area contributed by atoms with Gasteiger partial charge in [0.05, 0.1) is 32.9 Å². The first-order valence-corrected chi connectivity index (χ1v) is 10.5. The van der Waals surface area contributed by atoms with E-state index in [0.29, 0.717) is 30.5 Å². The summed E-state index contributed by atoms with van der Waals surface area (Å²) >= 11 is 3.48. The molecule has 0 aliphatic rings. The minimum Gasteiger partial charge on any atom is -0.493 e. The number of likely N-dealkylation sites (N-methyl/N-ethyl adjacent to an activating group) is 1. The Morgan fingerprint density at radius 3 is 2.74 bits per heavy atom. The molecule has 0 fully saturated rings. The van der Waals surface area contributed by atoms with E-state index in [1.54, 1.807) is 7.11 Å². The lowest BCUT2D eigenvalue weighted by Crippen LogP contribution is -2.28. The summed E-state index contributed by atoms with van der Waals surface area (Å²) in [5.41, 5.74) is 1.65. The van der Waals surface area contributed by atoms with Crippen LogP contribution in [-0.2, 0) is 9.53 Å². The first-order valence-electron chi connectivity index (χ1n) is 9.73. The summed E-state index contributed by atoms with van der Waals surface area (Å²) in [6.07, 6.45) is 2.25. The molecule has 0 bridgehead atoms. The lowest BCUT2D eigenvalue weighted by atomic mass is 10.2. The van der Waals surface area contributed by atoms with Crippen LogP contribution in [0.5, 0.6) is 11.5 Å². The van der Waals surface area contributed by atoms with Crippen LogP contribution in [0.3, 0.4) is 0 Å². The largest absolute Gasteiger partial charge is 0.493 e. The van der Waals surface area contributed by atoms with E-state index in [2.05, 4.69) is 36.0 Å². The van der Waals surface area contributed by atoms with E-state index >= 15 is 0 Å². The number of esters is 1. The van der Waals surface area contributed by atoms with Crippen LogP contribution in [0.1, 0.15) is 6.42 Å². The molecular weight excluding hydrogens is 464 g/mol. The highest BCUT2D eigenvalue weighted by molar-refractivity contribution is 9.10. The number of hydrogen-bond acceptors (Lipinski definition) is 8. The minimum atomic E-state index is -0.259. The summed E-state index contributed by atoms with van der Waals surface area (Å²) in [6, 6.07) is 11.6. The quantitative estimate of drug-likeness (QED) is 0.338. The first kappa shape index (κ1) is 22.8. The number of methoxy groups -OCH3 is 2. The van der Waals surface area contributed by atoms with E-state index in [4.69, 9.17) is 9.47 Å². The lowest BCUT2D eigenvalue weighted by molar-refractivity contribution is -0.141. The van der Waals surface area contributed by atoms with Crippen LogP contribution < -0.4 is 14.8 Å². The van der Waals surface area contributed by atoms with E-state index in [1.165, 1.54) is 13.4 Å². The molecule has 0 saturated heterocycles. The van der Waals surface area contributed by atoms with Crippen LogP contribution in [0.2, 0.25) is 0 Å². The summed E-state index contributed by atoms with van der Waals surface area (Å²) < 4.78 is 17.1. The van der Waals surface area contributed by atoms with Crippen LogP contribution in [0.15, 0.2) is 47.2 Å². The number of aromatic nitrogens is 2. The van der Waals surface area contributed by atoms with Gasteiger partial charge in [-0.3, -0.25) is 9.69 Å². The third-order valence-corrected chi connectivity index (χ3v) is 5.07. The number of benzene rings is 2. The highest BCUT2D eigenvalue weighted by atomic mass is 79.9. The molecule has 0 saturated carbocycles. The molecule has 2 aromatic carbocycles. The molecule has 1 aromatic heterocycles. The smallest absolute Gasteiger partial charge is 0.319 e. The second-order valence-electron chi connectivity index (χ2n) is 6.89. The van der Waals surface area contributed by atoms with Crippen molar-refractivity contribution in [1.29, 1.82) is 0 Å². The van der Waals surface area contributed by atoms with Crippen LogP contribution in [0, 0.1) is 0 Å². The summed E-state index contributed by atoms with van der Waals surface area (Å²) in [5.74, 6) is 1.62. The number of anilines is 2. The van der Waals surface area contributed by atoms with Crippen molar-refractivity contribution in [2.24, 2.45) is 0 Å². The zero-order valence-corrected chi connectivity index (χ0v) is 19.3. The first-order chi connectivity index (χ1) is 15.0. The Kier molecular flexibility index (Phi) is 8.02. The second-order valence-corrected chi connectivity index (χ2v) is 7.81. The van der Waals surface area contributed by atoms with Crippen molar-refractivity contribution in [3.05, 3.63) is 47.2 Å². The second kappa shape index (κ2) is 10.9. The van der Waals surface area contributed by atoms with Gasteiger partial charge in [-0.25, -0.2) is 9.97 Å². The summed E-state index contributed by atoms with van der Waals surface area (Å²) in [4.78, 5) is 22.0. The molecule has 0 aliphatic heterocycles. The van der Waals surface area contributed by atoms with Crippen LogP contribution in [-0.4, -0.2) is 61.8 Å². The SMILES string of the molecule is COC(=O)CN(C)CCCOc1cc2c(Nc3cccc(Br)c3)ncnc2cc1OC. The molecule has 1 N–H and O–H groups in total. The number of rotatable bonds is 10. The zero-order valence-electron chi connectivity index (χ0n) is 17.7. The number of carbonyl (C=O) groups excluding carboxylic acids is 1. The van der Waals surface area contributed by atoms with Gasteiger partial charge in [-0.2, -0.15) is 0 Å². The van der Waals surface area contributed by atoms with Gasteiger partial charge >= 0.3 is 5.97 Å². The van der Waals surface area contributed by atoms with Crippen LogP contribution >= 0.6 is 15.9 Å². The molecule has 31 heavy (non-hydrogen) atoms. The van der Waals surface area contributed by atoms with Gasteiger partial charge in [0.25, 0.3) is 0 Å². The molecule has 0 radical (unpaired) electrons. The van der Waals surface area contributed by atoms with E-state index in [1.807, 2.05) is 48.3 Å². The van der Waals surface area contributed by atoms with Gasteiger partial charge in [0.1, 0.15) is 12.1 Å². The number of fused-ring (bicyclic) bond motifs is 1. The molecule has 8 nitrogen and oxygen atoms in total. The predicted molar refractivity (Wildman–Crippen MR) is 123 cm³/mol. The lowest BCUT2D eigenvalue weighted by Gasteiger charge is -2.16. The van der Waals surface area contributed by atoms with Gasteiger partial charge in [0.15, 0.2) is 11.5 Å². The average molecular weight is 489 g/mol. The molecule has 3 aromatic rings. The zero-order chi connectivity index (χ0) is 22.2. The Morgan fingerprint density at radius 2 is 2.00 bits per heavy atom. The van der Waals surface area contributed by atoms with Crippen molar-refractivity contribution < 1.29 is 19.0 Å². The average Bonchev–Trinajstić information content (AvgIpc) is 2.76. The monoisotopic (exact) mass is 488 g/mol. The molecule has 0 unspecified atom stereocenters. The van der Waals surface area contributed by atoms with E-state index < -0.39 is 0 Å². The van der Waals surface area contributed by atoms with Crippen molar-refractivity contribution >= 4 is 44.3 Å². The number of carbonyl (C=O) groups is 1. The topological polar surface area (TPSA) is 85.8 Å². The number of halogens is 1. The van der Waals surface area contributed by atoms with Gasteiger partial charge in [0, 0.05) is 28.2 Å².